The van der Waals surface area contributed by atoms with Crippen LogP contribution in [0.3, 0.4) is 0 Å². The number of nitrogens with zero attached hydrogens (tertiary/aromatic N) is 2. The first-order chi connectivity index (χ1) is 15.0. The molecular formula is C24H34N4O3. The Morgan fingerprint density at radius 1 is 1.45 bits per heavy atom. The van der Waals surface area contributed by atoms with E-state index in [0.29, 0.717) is 24.8 Å². The number of carbonyl (C=O) groups is 1. The normalized spacial score (nSPS) is 19.9. The van der Waals surface area contributed by atoms with Gasteiger partial charge in [0.25, 0.3) is 5.91 Å². The molecule has 2 aliphatic rings. The molecule has 2 fully saturated rings. The number of aliphatic hydroxyl groups excluding tert-OH is 1. The third-order valence-corrected chi connectivity index (χ3v) is 5.66. The molecule has 3 rings (SSSR count). The fourth-order valence-corrected chi connectivity index (χ4v) is 3.63. The summed E-state index contributed by atoms with van der Waals surface area (Å²) in [5, 5.41) is 16.7. The monoisotopic (exact) mass is 426 g/mol. The van der Waals surface area contributed by atoms with Crippen LogP contribution >= 0.6 is 0 Å². The van der Waals surface area contributed by atoms with Crippen molar-refractivity contribution >= 4 is 11.6 Å². The van der Waals surface area contributed by atoms with Crippen molar-refractivity contribution in [1.82, 2.24) is 15.2 Å². The van der Waals surface area contributed by atoms with E-state index in [4.69, 9.17) is 4.74 Å². The topological polar surface area (TPSA) is 86.7 Å². The molecule has 1 atom stereocenters. The number of anilines is 1. The van der Waals surface area contributed by atoms with Crippen LogP contribution in [0.1, 0.15) is 43.0 Å². The lowest BCUT2D eigenvalue weighted by atomic mass is 9.93. The first kappa shape index (κ1) is 23.0. The molecule has 0 bridgehead atoms. The minimum Gasteiger partial charge on any atom is -0.501 e. The second-order valence-electron chi connectivity index (χ2n) is 8.16. The van der Waals surface area contributed by atoms with Gasteiger partial charge in [-0.3, -0.25) is 14.7 Å². The molecule has 0 radical (unpaired) electrons. The second-order valence-corrected chi connectivity index (χ2v) is 8.16. The number of hydrogen-bond acceptors (Lipinski definition) is 6. The number of hydrogen-bond donors (Lipinski definition) is 3. The Balaban J connectivity index is 1.45. The van der Waals surface area contributed by atoms with Crippen molar-refractivity contribution in [2.75, 3.05) is 38.1 Å². The zero-order valence-corrected chi connectivity index (χ0v) is 18.3. The Bertz CT molecular complexity index is 817. The number of ether oxygens (including phenoxy) is 1. The van der Waals surface area contributed by atoms with Crippen LogP contribution in [0, 0.1) is 0 Å². The van der Waals surface area contributed by atoms with Gasteiger partial charge in [0, 0.05) is 44.6 Å². The molecule has 1 amide bonds. The summed E-state index contributed by atoms with van der Waals surface area (Å²) in [5.74, 6) is -0.225. The maximum Gasteiger partial charge on any atom is 0.253 e. The van der Waals surface area contributed by atoms with Crippen LogP contribution in [-0.2, 0) is 4.74 Å². The van der Waals surface area contributed by atoms with Crippen molar-refractivity contribution in [1.29, 1.82) is 0 Å². The molecule has 0 unspecified atom stereocenters. The maximum atomic E-state index is 12.5. The van der Waals surface area contributed by atoms with Crippen molar-refractivity contribution in [3.05, 3.63) is 60.2 Å². The maximum absolute atomic E-state index is 12.5. The van der Waals surface area contributed by atoms with Crippen molar-refractivity contribution in [3.8, 4) is 0 Å². The van der Waals surface area contributed by atoms with E-state index in [2.05, 4.69) is 27.1 Å². The number of nitrogens with one attached hydrogen (secondary N) is 2. The molecule has 1 saturated carbocycles. The molecule has 1 aliphatic carbocycles. The number of pyridine rings is 1. The number of aromatic nitrogens is 1. The standard InChI is InChI=1S/C24H34N4O3/c1-3-31-11-5-6-19-16-28(10-9-18(19)2)17-23(29)15-26-24(30)20-12-22(14-25-13-20)27-21-7-4-8-21/h5-6,11-14,21,23,27,29H,2-4,7-10,15-17H2,1H3,(H,26,30)/b11-5+,19-6-/t23-/m0/s1. The highest BCUT2D eigenvalue weighted by Gasteiger charge is 2.20. The van der Waals surface area contributed by atoms with Crippen molar-refractivity contribution in [2.24, 2.45) is 0 Å². The number of allylic oxidation sites excluding steroid dienone is 2. The van der Waals surface area contributed by atoms with E-state index >= 15 is 0 Å². The van der Waals surface area contributed by atoms with E-state index < -0.39 is 6.10 Å². The Morgan fingerprint density at radius 2 is 2.29 bits per heavy atom. The molecule has 1 saturated heterocycles. The van der Waals surface area contributed by atoms with Crippen LogP contribution in [0.25, 0.3) is 0 Å². The Morgan fingerprint density at radius 3 is 3.03 bits per heavy atom. The number of carbonyl (C=O) groups excluding carboxylic acids is 1. The van der Waals surface area contributed by atoms with Crippen LogP contribution in [0.5, 0.6) is 0 Å². The van der Waals surface area contributed by atoms with Crippen LogP contribution in [0.15, 0.2) is 54.6 Å². The summed E-state index contributed by atoms with van der Waals surface area (Å²) in [4.78, 5) is 18.8. The Kier molecular flexibility index (Phi) is 8.67. The van der Waals surface area contributed by atoms with Gasteiger partial charge in [0.2, 0.25) is 0 Å². The molecular weight excluding hydrogens is 392 g/mol. The molecule has 31 heavy (non-hydrogen) atoms. The number of piperidine rings is 1. The summed E-state index contributed by atoms with van der Waals surface area (Å²) in [6.07, 6.45) is 12.6. The third kappa shape index (κ3) is 7.22. The zero-order valence-electron chi connectivity index (χ0n) is 18.3. The van der Waals surface area contributed by atoms with Crippen LogP contribution in [-0.4, -0.2) is 65.8 Å². The number of β-amino-alcohol motifs (C(OH)–C–C–N with tert-alkyl or cyclic N) is 1. The van der Waals surface area contributed by atoms with Gasteiger partial charge in [-0.15, -0.1) is 0 Å². The van der Waals surface area contributed by atoms with Gasteiger partial charge in [0.1, 0.15) is 0 Å². The van der Waals surface area contributed by atoms with Crippen LogP contribution < -0.4 is 10.6 Å². The lowest BCUT2D eigenvalue weighted by molar-refractivity contribution is 0.0863. The third-order valence-electron chi connectivity index (χ3n) is 5.66. The molecule has 168 valence electrons. The summed E-state index contributed by atoms with van der Waals surface area (Å²) < 4.78 is 5.22. The van der Waals surface area contributed by atoms with E-state index in [1.54, 1.807) is 18.7 Å². The SMILES string of the molecule is C=C1CCN(C[C@@H](O)CNC(=O)c2cncc(NC3CCC3)c2)C/C1=C/C=C/OCC. The van der Waals surface area contributed by atoms with Gasteiger partial charge in [-0.25, -0.2) is 0 Å². The average molecular weight is 427 g/mol. The van der Waals surface area contributed by atoms with E-state index in [0.717, 1.165) is 49.2 Å². The van der Waals surface area contributed by atoms with Gasteiger partial charge in [0.15, 0.2) is 0 Å². The van der Waals surface area contributed by atoms with Crippen LogP contribution in [0.2, 0.25) is 0 Å². The number of aliphatic hydroxyl groups is 1. The van der Waals surface area contributed by atoms with E-state index in [9.17, 15) is 9.90 Å². The van der Waals surface area contributed by atoms with E-state index in [-0.39, 0.29) is 12.5 Å². The average Bonchev–Trinajstić information content (AvgIpc) is 2.74. The van der Waals surface area contributed by atoms with E-state index in [1.807, 2.05) is 25.1 Å². The summed E-state index contributed by atoms with van der Waals surface area (Å²) in [7, 11) is 0. The molecule has 1 aromatic heterocycles. The fourth-order valence-electron chi connectivity index (χ4n) is 3.63. The van der Waals surface area contributed by atoms with Crippen molar-refractivity contribution < 1.29 is 14.6 Å². The fraction of sp³-hybridized carbons (Fsp3) is 0.500. The molecule has 2 heterocycles. The molecule has 7 nitrogen and oxygen atoms in total. The minimum atomic E-state index is -0.653. The van der Waals surface area contributed by atoms with Crippen LogP contribution in [0.4, 0.5) is 5.69 Å². The number of amides is 1. The van der Waals surface area contributed by atoms with E-state index in [1.165, 1.54) is 6.42 Å². The summed E-state index contributed by atoms with van der Waals surface area (Å²) >= 11 is 0. The predicted molar refractivity (Wildman–Crippen MR) is 123 cm³/mol. The lowest BCUT2D eigenvalue weighted by Crippen LogP contribution is -2.42. The summed E-state index contributed by atoms with van der Waals surface area (Å²) in [6, 6.07) is 2.30. The van der Waals surface area contributed by atoms with Crippen molar-refractivity contribution in [2.45, 2.75) is 44.8 Å². The highest BCUT2D eigenvalue weighted by molar-refractivity contribution is 5.94. The van der Waals surface area contributed by atoms with Gasteiger partial charge >= 0.3 is 0 Å². The lowest BCUT2D eigenvalue weighted by Gasteiger charge is -2.31. The quantitative estimate of drug-likeness (QED) is 0.499. The summed E-state index contributed by atoms with van der Waals surface area (Å²) in [6.45, 7) is 8.96. The molecule has 1 aromatic rings. The Hall–Kier alpha value is -2.64. The number of rotatable bonds is 10. The highest BCUT2D eigenvalue weighted by Crippen LogP contribution is 2.23. The molecule has 7 heteroatoms. The summed E-state index contributed by atoms with van der Waals surface area (Å²) in [5.41, 5.74) is 3.62. The number of likely N-dealkylation sites (tertiary alicyclic amines) is 1. The second kappa shape index (κ2) is 11.7. The molecule has 1 aliphatic heterocycles. The largest absolute Gasteiger partial charge is 0.501 e. The predicted octanol–water partition coefficient (Wildman–Crippen LogP) is 2.88. The van der Waals surface area contributed by atoms with Gasteiger partial charge in [-0.2, -0.15) is 0 Å². The first-order valence-electron chi connectivity index (χ1n) is 11.1. The smallest absolute Gasteiger partial charge is 0.253 e. The minimum absolute atomic E-state index is 0.194. The molecule has 0 spiro atoms. The highest BCUT2D eigenvalue weighted by atomic mass is 16.5. The first-order valence-corrected chi connectivity index (χ1v) is 11.1. The van der Waals surface area contributed by atoms with Crippen molar-refractivity contribution in [3.63, 3.8) is 0 Å². The van der Waals surface area contributed by atoms with Gasteiger partial charge in [-0.1, -0.05) is 12.7 Å². The molecule has 3 N–H and O–H groups in total. The zero-order chi connectivity index (χ0) is 22.1. The Labute approximate surface area is 184 Å². The molecule has 0 aromatic carbocycles. The van der Waals surface area contributed by atoms with Gasteiger partial charge in [-0.05, 0) is 55.9 Å². The van der Waals surface area contributed by atoms with Gasteiger partial charge in [0.05, 0.1) is 30.2 Å². The van der Waals surface area contributed by atoms with Gasteiger partial charge < -0.3 is 20.5 Å².